The summed E-state index contributed by atoms with van der Waals surface area (Å²) >= 11 is 0. The molecule has 0 bridgehead atoms. The Morgan fingerprint density at radius 2 is 1.03 bits per heavy atom. The van der Waals surface area contributed by atoms with E-state index >= 15 is 0 Å². The molecule has 7 heteroatoms. The predicted molar refractivity (Wildman–Crippen MR) is 278 cm³/mol. The fraction of sp³-hybridized carbons (Fsp3) is 0.0635. The SMILES string of the molecule is [2H]c1nc2c3cc(-c4ccccc4-c4cc(C([2H])([2H])C([2H])([2H])c5c[c-]c(-c6ccccn6)cc5)cc(C([2H])([2H])C([2H])([2H])c5c[c-]c(-c6ccccn6)cc5)c4)c[c-]c3c3nccc(-c4ccc(-c5ccccc5)cc4)c3n2n1.[Ir+3]. The van der Waals surface area contributed by atoms with Crippen molar-refractivity contribution in [1.29, 1.82) is 0 Å². The number of hydrogen-bond donors (Lipinski definition) is 0. The third-order valence-electron chi connectivity index (χ3n) is 12.1. The van der Waals surface area contributed by atoms with Crippen LogP contribution in [0.2, 0.25) is 0 Å². The van der Waals surface area contributed by atoms with Crippen molar-refractivity contribution < 1.29 is 32.4 Å². The van der Waals surface area contributed by atoms with Crippen molar-refractivity contribution in [3.05, 3.63) is 253 Å². The van der Waals surface area contributed by atoms with Gasteiger partial charge in [-0.1, -0.05) is 151 Å². The standard InChI is InChI=1S/C63H43N6.Ir/c1-2-10-47(11-3-1)48-28-30-49(31-29-48)56-34-37-66-61-57-33-32-52(41-58(57)63-67-42-68-69(63)62(56)61)54-12-4-5-13-55(54)53-39-45(18-16-43-20-24-50(25-21-43)59-14-6-8-35-64-59)38-46(40-53)19-17-44-22-26-51(27-23-44)60-15-7-9-36-65-60;/h1-15,20-24,26,28-32,34-42H,16-19H2;/q-3;+3/i16D2,17D2,18D2,19D2,42D;. The van der Waals surface area contributed by atoms with Gasteiger partial charge in [-0.15, -0.1) is 94.4 Å². The molecule has 0 amide bonds. The number of fused-ring (bicyclic) bond motifs is 6. The minimum Gasteiger partial charge on any atom is -0.305 e. The van der Waals surface area contributed by atoms with Gasteiger partial charge in [0.05, 0.1) is 5.52 Å². The van der Waals surface area contributed by atoms with Gasteiger partial charge in [0, 0.05) is 40.6 Å². The number of hydrogen-bond acceptors (Lipinski definition) is 5. The van der Waals surface area contributed by atoms with Gasteiger partial charge >= 0.3 is 20.1 Å². The number of nitrogens with zero attached hydrogens (tertiary/aromatic N) is 6. The van der Waals surface area contributed by atoms with Gasteiger partial charge in [0.15, 0.2) is 0 Å². The Kier molecular flexibility index (Phi) is 9.88. The molecule has 0 aliphatic heterocycles. The smallest absolute Gasteiger partial charge is 0.305 e. The fourth-order valence-electron chi connectivity index (χ4n) is 8.69. The molecule has 0 spiro atoms. The van der Waals surface area contributed by atoms with Crippen LogP contribution in [0, 0.1) is 18.2 Å². The van der Waals surface area contributed by atoms with E-state index in [0.29, 0.717) is 72.2 Å². The zero-order valence-electron chi connectivity index (χ0n) is 46.1. The summed E-state index contributed by atoms with van der Waals surface area (Å²) in [5.74, 6) is 0. The van der Waals surface area contributed by atoms with Gasteiger partial charge in [0.2, 0.25) is 0 Å². The van der Waals surface area contributed by atoms with Gasteiger partial charge < -0.3 is 15.0 Å². The van der Waals surface area contributed by atoms with E-state index in [-0.39, 0.29) is 48.7 Å². The molecule has 0 radical (unpaired) electrons. The number of benzene rings is 7. The topological polar surface area (TPSA) is 68.9 Å². The van der Waals surface area contributed by atoms with E-state index in [0.717, 1.165) is 22.3 Å². The Hall–Kier alpha value is -8.22. The van der Waals surface area contributed by atoms with Gasteiger partial charge in [-0.25, -0.2) is 9.50 Å². The monoisotopic (exact) mass is 1090 g/mol. The van der Waals surface area contributed by atoms with Crippen molar-refractivity contribution >= 4 is 27.5 Å². The molecule has 0 N–H and O–H groups in total. The molecule has 7 aromatic carbocycles. The molecular weight excluding hydrogens is 1030 g/mol. The van der Waals surface area contributed by atoms with Crippen molar-refractivity contribution in [2.24, 2.45) is 0 Å². The fourth-order valence-corrected chi connectivity index (χ4v) is 8.69. The molecule has 6 nitrogen and oxygen atoms in total. The Morgan fingerprint density at radius 1 is 0.443 bits per heavy atom. The maximum Gasteiger partial charge on any atom is 3.00 e. The second kappa shape index (κ2) is 19.8. The van der Waals surface area contributed by atoms with Gasteiger partial charge in [-0.3, -0.25) is 0 Å². The van der Waals surface area contributed by atoms with Gasteiger partial charge in [-0.2, -0.15) is 5.10 Å². The van der Waals surface area contributed by atoms with Crippen LogP contribution in [0.4, 0.5) is 0 Å². The molecule has 12 aromatic rings. The van der Waals surface area contributed by atoms with Crippen LogP contribution in [0.5, 0.6) is 0 Å². The van der Waals surface area contributed by atoms with Crippen LogP contribution in [0.25, 0.3) is 94.5 Å². The van der Waals surface area contributed by atoms with Crippen LogP contribution < -0.4 is 0 Å². The third-order valence-corrected chi connectivity index (χ3v) is 12.1. The van der Waals surface area contributed by atoms with E-state index < -0.39 is 25.5 Å². The average Bonchev–Trinajstić information content (AvgIpc) is 4.16. The molecule has 0 fully saturated rings. The van der Waals surface area contributed by atoms with E-state index in [9.17, 15) is 11.0 Å². The molecule has 5 heterocycles. The second-order valence-corrected chi connectivity index (χ2v) is 16.4. The summed E-state index contributed by atoms with van der Waals surface area (Å²) in [5, 5.41) is 5.81. The van der Waals surface area contributed by atoms with Crippen LogP contribution in [-0.4, -0.2) is 29.5 Å². The van der Waals surface area contributed by atoms with Crippen molar-refractivity contribution in [2.75, 3.05) is 0 Å². The van der Waals surface area contributed by atoms with Crippen LogP contribution in [0.15, 0.2) is 213 Å². The van der Waals surface area contributed by atoms with E-state index in [1.807, 2.05) is 60.7 Å². The first kappa shape index (κ1) is 35.0. The van der Waals surface area contributed by atoms with Crippen LogP contribution in [0.3, 0.4) is 0 Å². The van der Waals surface area contributed by atoms with Crippen molar-refractivity contribution in [2.45, 2.75) is 25.5 Å². The summed E-state index contributed by atoms with van der Waals surface area (Å²) in [7, 11) is 0. The quantitative estimate of drug-likeness (QED) is 0.0901. The zero-order valence-corrected chi connectivity index (χ0v) is 39.5. The molecule has 0 saturated carbocycles. The summed E-state index contributed by atoms with van der Waals surface area (Å²) in [6, 6.07) is 65.0. The minimum absolute atomic E-state index is 0. The van der Waals surface area contributed by atoms with Crippen LogP contribution in [-0.2, 0) is 45.6 Å². The minimum atomic E-state index is -2.84. The Bertz CT molecular complexity index is 4080. The molecule has 0 aliphatic carbocycles. The third kappa shape index (κ3) is 8.97. The maximum atomic E-state index is 9.68. The zero-order chi connectivity index (χ0) is 54.0. The van der Waals surface area contributed by atoms with Gasteiger partial charge in [0.25, 0.3) is 0 Å². The van der Waals surface area contributed by atoms with E-state index in [4.69, 9.17) is 6.35 Å². The van der Waals surface area contributed by atoms with Crippen LogP contribution >= 0.6 is 0 Å². The summed E-state index contributed by atoms with van der Waals surface area (Å²) in [6.45, 7) is 0. The molecule has 12 rings (SSSR count). The van der Waals surface area contributed by atoms with Gasteiger partial charge in [0.1, 0.15) is 13.3 Å². The van der Waals surface area contributed by atoms with Gasteiger partial charge in [-0.05, 0) is 81.3 Å². The maximum absolute atomic E-state index is 9.68. The van der Waals surface area contributed by atoms with E-state index in [1.54, 1.807) is 71.6 Å². The van der Waals surface area contributed by atoms with Crippen molar-refractivity contribution in [3.8, 4) is 67.0 Å². The molecule has 334 valence electrons. The summed E-state index contributed by atoms with van der Waals surface area (Å²) < 4.78 is 86.8. The first-order valence-corrected chi connectivity index (χ1v) is 22.4. The number of rotatable bonds is 12. The normalized spacial score (nSPS) is 14.0. The Labute approximate surface area is 433 Å². The molecule has 0 saturated heterocycles. The summed E-state index contributed by atoms with van der Waals surface area (Å²) in [5.41, 5.74) is 9.56. The predicted octanol–water partition coefficient (Wildman–Crippen LogP) is 14.2. The average molecular weight is 1090 g/mol. The van der Waals surface area contributed by atoms with Crippen LogP contribution in [0.1, 0.15) is 34.6 Å². The van der Waals surface area contributed by atoms with E-state index in [1.165, 1.54) is 42.5 Å². The van der Waals surface area contributed by atoms with E-state index in [2.05, 4.69) is 74.6 Å². The number of aromatic nitrogens is 6. The summed E-state index contributed by atoms with van der Waals surface area (Å²) in [6.07, 6.45) is -6.31. The molecule has 0 unspecified atom stereocenters. The molecule has 5 aromatic heterocycles. The number of pyridine rings is 4. The summed E-state index contributed by atoms with van der Waals surface area (Å²) in [4.78, 5) is 18.2. The first-order chi connectivity index (χ1) is 37.6. The molecule has 70 heavy (non-hydrogen) atoms. The molecule has 0 aliphatic rings. The van der Waals surface area contributed by atoms with Crippen molar-refractivity contribution in [3.63, 3.8) is 0 Å². The second-order valence-electron chi connectivity index (χ2n) is 16.4. The largest absolute Gasteiger partial charge is 3.00 e. The molecule has 0 atom stereocenters. The number of aryl methyl sites for hydroxylation is 4. The van der Waals surface area contributed by atoms with Crippen molar-refractivity contribution in [1.82, 2.24) is 29.5 Å². The Morgan fingerprint density at radius 3 is 1.64 bits per heavy atom. The molecular formula is C63H43IrN6. The Balaban J connectivity index is 0.00000660. The first-order valence-electron chi connectivity index (χ1n) is 26.9.